The predicted octanol–water partition coefficient (Wildman–Crippen LogP) is 1.79. The molecule has 0 amide bonds. The van der Waals surface area contributed by atoms with E-state index in [1.807, 2.05) is 18.2 Å². The van der Waals surface area contributed by atoms with E-state index >= 15 is 0 Å². The molecule has 0 saturated carbocycles. The summed E-state index contributed by atoms with van der Waals surface area (Å²) < 4.78 is 0. The molecular formula is C14H17N5. The van der Waals surface area contributed by atoms with Crippen LogP contribution in [0.1, 0.15) is 18.2 Å². The largest absolute Gasteiger partial charge is 0.384 e. The van der Waals surface area contributed by atoms with Gasteiger partial charge >= 0.3 is 0 Å². The zero-order chi connectivity index (χ0) is 13.7. The summed E-state index contributed by atoms with van der Waals surface area (Å²) in [6, 6.07) is 7.60. The van der Waals surface area contributed by atoms with Crippen LogP contribution in [-0.2, 0) is 6.54 Å². The van der Waals surface area contributed by atoms with Crippen LogP contribution in [0.15, 0.2) is 42.9 Å². The molecule has 0 aliphatic rings. The lowest BCUT2D eigenvalue weighted by molar-refractivity contribution is 0.806. The van der Waals surface area contributed by atoms with Crippen LogP contribution in [0, 0.1) is 5.41 Å². The summed E-state index contributed by atoms with van der Waals surface area (Å²) in [6.07, 6.45) is 5.16. The van der Waals surface area contributed by atoms with Gasteiger partial charge in [-0.1, -0.05) is 6.07 Å². The summed E-state index contributed by atoms with van der Waals surface area (Å²) in [4.78, 5) is 10.5. The van der Waals surface area contributed by atoms with Gasteiger partial charge in [0.1, 0.15) is 5.84 Å². The number of amidine groups is 1. The SMILES string of the molecule is CCN(Cc1ccccn1)c1cnccc1C(=N)N. The zero-order valence-electron chi connectivity index (χ0n) is 10.9. The van der Waals surface area contributed by atoms with Gasteiger partial charge in [0.2, 0.25) is 0 Å². The number of nitrogen functional groups attached to an aromatic ring is 1. The number of rotatable bonds is 5. The highest BCUT2D eigenvalue weighted by Crippen LogP contribution is 2.20. The molecule has 3 N–H and O–H groups in total. The minimum Gasteiger partial charge on any atom is -0.384 e. The number of hydrogen-bond donors (Lipinski definition) is 2. The van der Waals surface area contributed by atoms with Crippen LogP contribution in [0.2, 0.25) is 0 Å². The fraction of sp³-hybridized carbons (Fsp3) is 0.214. The second-order valence-electron chi connectivity index (χ2n) is 4.14. The lowest BCUT2D eigenvalue weighted by atomic mass is 10.2. The molecule has 5 nitrogen and oxygen atoms in total. The zero-order valence-corrected chi connectivity index (χ0v) is 10.9. The van der Waals surface area contributed by atoms with Crippen molar-refractivity contribution >= 4 is 11.5 Å². The Morgan fingerprint density at radius 3 is 2.79 bits per heavy atom. The van der Waals surface area contributed by atoms with Crippen LogP contribution in [0.25, 0.3) is 0 Å². The van der Waals surface area contributed by atoms with Crippen molar-refractivity contribution in [2.45, 2.75) is 13.5 Å². The van der Waals surface area contributed by atoms with E-state index < -0.39 is 0 Å². The van der Waals surface area contributed by atoms with Gasteiger partial charge in [0, 0.05) is 24.5 Å². The minimum atomic E-state index is 0.0527. The van der Waals surface area contributed by atoms with Crippen molar-refractivity contribution in [3.05, 3.63) is 54.1 Å². The van der Waals surface area contributed by atoms with E-state index in [2.05, 4.69) is 21.8 Å². The second kappa shape index (κ2) is 5.95. The Morgan fingerprint density at radius 2 is 2.16 bits per heavy atom. The summed E-state index contributed by atoms with van der Waals surface area (Å²) in [5.74, 6) is 0.0527. The molecule has 0 atom stereocenters. The molecule has 2 aromatic heterocycles. The fourth-order valence-corrected chi connectivity index (χ4v) is 1.92. The van der Waals surface area contributed by atoms with E-state index in [4.69, 9.17) is 11.1 Å². The number of nitrogens with two attached hydrogens (primary N) is 1. The maximum atomic E-state index is 7.63. The van der Waals surface area contributed by atoms with Gasteiger partial charge in [0.05, 0.1) is 24.1 Å². The van der Waals surface area contributed by atoms with Gasteiger partial charge in [0.25, 0.3) is 0 Å². The minimum absolute atomic E-state index is 0.0527. The average molecular weight is 255 g/mol. The Bertz CT molecular complexity index is 553. The number of nitrogens with one attached hydrogen (secondary N) is 1. The smallest absolute Gasteiger partial charge is 0.125 e. The van der Waals surface area contributed by atoms with Crippen molar-refractivity contribution in [3.8, 4) is 0 Å². The highest BCUT2D eigenvalue weighted by molar-refractivity contribution is 6.00. The van der Waals surface area contributed by atoms with E-state index in [0.717, 1.165) is 17.9 Å². The molecule has 0 aliphatic carbocycles. The molecule has 0 aromatic carbocycles. The van der Waals surface area contributed by atoms with Gasteiger partial charge in [-0.2, -0.15) is 0 Å². The maximum absolute atomic E-state index is 7.63. The molecule has 0 spiro atoms. The summed E-state index contributed by atoms with van der Waals surface area (Å²) in [5, 5.41) is 7.63. The summed E-state index contributed by atoms with van der Waals surface area (Å²) in [5.41, 5.74) is 8.15. The normalized spacial score (nSPS) is 10.2. The topological polar surface area (TPSA) is 78.9 Å². The molecular weight excluding hydrogens is 238 g/mol. The van der Waals surface area contributed by atoms with Crippen molar-refractivity contribution in [1.29, 1.82) is 5.41 Å². The average Bonchev–Trinajstić information content (AvgIpc) is 2.46. The standard InChI is InChI=1S/C14H17N5/c1-2-19(10-11-5-3-4-7-18-11)13-9-17-8-6-12(13)14(15)16/h3-9H,2,10H2,1H3,(H3,15,16). The van der Waals surface area contributed by atoms with E-state index in [9.17, 15) is 0 Å². The van der Waals surface area contributed by atoms with Gasteiger partial charge < -0.3 is 10.6 Å². The van der Waals surface area contributed by atoms with Crippen LogP contribution in [-0.4, -0.2) is 22.3 Å². The first-order valence-corrected chi connectivity index (χ1v) is 6.15. The molecule has 0 fully saturated rings. The van der Waals surface area contributed by atoms with Gasteiger partial charge in [-0.25, -0.2) is 0 Å². The molecule has 2 rings (SSSR count). The molecule has 19 heavy (non-hydrogen) atoms. The molecule has 5 heteroatoms. The Morgan fingerprint density at radius 1 is 1.32 bits per heavy atom. The molecule has 0 bridgehead atoms. The molecule has 0 radical (unpaired) electrons. The highest BCUT2D eigenvalue weighted by Gasteiger charge is 2.12. The first kappa shape index (κ1) is 13.0. The third-order valence-electron chi connectivity index (χ3n) is 2.89. The lowest BCUT2D eigenvalue weighted by Gasteiger charge is -2.24. The van der Waals surface area contributed by atoms with E-state index in [1.165, 1.54) is 0 Å². The molecule has 0 unspecified atom stereocenters. The van der Waals surface area contributed by atoms with Crippen LogP contribution in [0.3, 0.4) is 0 Å². The first-order chi connectivity index (χ1) is 9.22. The Labute approximate surface area is 112 Å². The Balaban J connectivity index is 2.30. The van der Waals surface area contributed by atoms with Gasteiger partial charge in [-0.05, 0) is 25.1 Å². The van der Waals surface area contributed by atoms with Gasteiger partial charge in [-0.15, -0.1) is 0 Å². The number of aromatic nitrogens is 2. The van der Waals surface area contributed by atoms with Crippen LogP contribution >= 0.6 is 0 Å². The van der Waals surface area contributed by atoms with E-state index in [0.29, 0.717) is 12.1 Å². The molecule has 0 saturated heterocycles. The fourth-order valence-electron chi connectivity index (χ4n) is 1.92. The Kier molecular flexibility index (Phi) is 4.07. The number of hydrogen-bond acceptors (Lipinski definition) is 4. The number of anilines is 1. The molecule has 2 heterocycles. The Hall–Kier alpha value is -2.43. The summed E-state index contributed by atoms with van der Waals surface area (Å²) in [6.45, 7) is 3.52. The van der Waals surface area contributed by atoms with Crippen molar-refractivity contribution in [2.24, 2.45) is 5.73 Å². The number of nitrogens with zero attached hydrogens (tertiary/aromatic N) is 3. The monoisotopic (exact) mass is 255 g/mol. The number of pyridine rings is 2. The first-order valence-electron chi connectivity index (χ1n) is 6.15. The van der Waals surface area contributed by atoms with E-state index in [-0.39, 0.29) is 5.84 Å². The van der Waals surface area contributed by atoms with Crippen molar-refractivity contribution in [2.75, 3.05) is 11.4 Å². The summed E-state index contributed by atoms with van der Waals surface area (Å²) >= 11 is 0. The summed E-state index contributed by atoms with van der Waals surface area (Å²) in [7, 11) is 0. The quantitative estimate of drug-likeness (QED) is 0.630. The molecule has 0 aliphatic heterocycles. The lowest BCUT2D eigenvalue weighted by Crippen LogP contribution is -2.26. The second-order valence-corrected chi connectivity index (χ2v) is 4.14. The van der Waals surface area contributed by atoms with E-state index in [1.54, 1.807) is 24.7 Å². The van der Waals surface area contributed by atoms with Crippen molar-refractivity contribution in [1.82, 2.24) is 9.97 Å². The third-order valence-corrected chi connectivity index (χ3v) is 2.89. The molecule has 98 valence electrons. The highest BCUT2D eigenvalue weighted by atomic mass is 15.1. The van der Waals surface area contributed by atoms with Gasteiger partial charge in [0.15, 0.2) is 0 Å². The maximum Gasteiger partial charge on any atom is 0.125 e. The third kappa shape index (κ3) is 3.07. The molecule has 2 aromatic rings. The van der Waals surface area contributed by atoms with Crippen LogP contribution in [0.4, 0.5) is 5.69 Å². The predicted molar refractivity (Wildman–Crippen MR) is 76.2 cm³/mol. The van der Waals surface area contributed by atoms with Crippen molar-refractivity contribution < 1.29 is 0 Å². The van der Waals surface area contributed by atoms with Crippen molar-refractivity contribution in [3.63, 3.8) is 0 Å². The van der Waals surface area contributed by atoms with Crippen LogP contribution < -0.4 is 10.6 Å². The van der Waals surface area contributed by atoms with Gasteiger partial charge in [-0.3, -0.25) is 15.4 Å². The van der Waals surface area contributed by atoms with Crippen LogP contribution in [0.5, 0.6) is 0 Å².